The molecule has 0 spiro atoms. The quantitative estimate of drug-likeness (QED) is 0.489. The van der Waals surface area contributed by atoms with E-state index in [-0.39, 0.29) is 4.32 Å². The summed E-state index contributed by atoms with van der Waals surface area (Å²) in [7, 11) is -2.24. The third-order valence-electron chi connectivity index (χ3n) is 1.42. The molecule has 3 nitrogen and oxygen atoms in total. The van der Waals surface area contributed by atoms with Crippen molar-refractivity contribution in [1.29, 1.82) is 0 Å². The van der Waals surface area contributed by atoms with Crippen molar-refractivity contribution in [2.24, 2.45) is 0 Å². The van der Waals surface area contributed by atoms with Gasteiger partial charge in [-0.05, 0) is 13.1 Å². The Kier molecular flexibility index (Phi) is 5.54. The molecule has 0 N–H and O–H groups in total. The van der Waals surface area contributed by atoms with Gasteiger partial charge in [-0.2, -0.15) is 8.42 Å². The van der Waals surface area contributed by atoms with E-state index in [0.29, 0.717) is 6.54 Å². The standard InChI is InChI=1S/C6H12ClNO2S/c1-3-8(4-2)5-6(7)11(9)10/h3-5H2,1-2H3. The van der Waals surface area contributed by atoms with Gasteiger partial charge >= 0.3 is 0 Å². The molecule has 0 heterocycles. The molecule has 0 rings (SSSR count). The summed E-state index contributed by atoms with van der Waals surface area (Å²) in [6, 6.07) is 0. The fourth-order valence-electron chi connectivity index (χ4n) is 0.676. The summed E-state index contributed by atoms with van der Waals surface area (Å²) in [6.07, 6.45) is 0. The second-order valence-corrected chi connectivity index (χ2v) is 3.69. The van der Waals surface area contributed by atoms with Gasteiger partial charge in [-0.3, -0.25) is 4.90 Å². The molecule has 66 valence electrons. The number of hydrogen-bond donors (Lipinski definition) is 0. The van der Waals surface area contributed by atoms with E-state index in [9.17, 15) is 8.42 Å². The van der Waals surface area contributed by atoms with Crippen molar-refractivity contribution in [2.45, 2.75) is 13.8 Å². The second-order valence-electron chi connectivity index (χ2n) is 2.05. The van der Waals surface area contributed by atoms with Crippen LogP contribution in [-0.2, 0) is 10.3 Å². The number of rotatable bonds is 4. The lowest BCUT2D eigenvalue weighted by Gasteiger charge is -2.14. The molecule has 0 aromatic carbocycles. The topological polar surface area (TPSA) is 37.4 Å². The molecule has 0 saturated heterocycles. The summed E-state index contributed by atoms with van der Waals surface area (Å²) in [5.74, 6) is 0. The summed E-state index contributed by atoms with van der Waals surface area (Å²) >= 11 is 5.43. The van der Waals surface area contributed by atoms with Gasteiger partial charge in [0.1, 0.15) is 0 Å². The second kappa shape index (κ2) is 5.57. The number of halogens is 1. The molecule has 5 heteroatoms. The normalized spacial score (nSPS) is 10.2. The molecule has 0 aliphatic rings. The van der Waals surface area contributed by atoms with Crippen molar-refractivity contribution in [3.8, 4) is 0 Å². The molecule has 0 radical (unpaired) electrons. The Labute approximate surface area is 73.5 Å². The Morgan fingerprint density at radius 2 is 1.82 bits per heavy atom. The van der Waals surface area contributed by atoms with Crippen LogP contribution in [0.15, 0.2) is 0 Å². The Balaban J connectivity index is 4.14. The van der Waals surface area contributed by atoms with Gasteiger partial charge in [-0.25, -0.2) is 0 Å². The maximum atomic E-state index is 10.3. The Morgan fingerprint density at radius 1 is 1.36 bits per heavy atom. The average Bonchev–Trinajstić information content (AvgIpc) is 1.99. The fraction of sp³-hybridized carbons (Fsp3) is 0.833. The van der Waals surface area contributed by atoms with Crippen LogP contribution < -0.4 is 0 Å². The first-order valence-electron chi connectivity index (χ1n) is 3.44. The minimum atomic E-state index is -2.24. The summed E-state index contributed by atoms with van der Waals surface area (Å²) < 4.78 is 20.5. The molecule has 11 heavy (non-hydrogen) atoms. The molecular formula is C6H12ClNO2S. The van der Waals surface area contributed by atoms with Crippen molar-refractivity contribution in [1.82, 2.24) is 4.90 Å². The van der Waals surface area contributed by atoms with Crippen molar-refractivity contribution in [2.75, 3.05) is 19.6 Å². The largest absolute Gasteiger partial charge is 0.298 e. The molecule has 0 aliphatic heterocycles. The number of hydrogen-bond acceptors (Lipinski definition) is 3. The summed E-state index contributed by atoms with van der Waals surface area (Å²) in [5.41, 5.74) is 0. The lowest BCUT2D eigenvalue weighted by Crippen LogP contribution is -2.27. The third-order valence-corrected chi connectivity index (χ3v) is 2.41. The van der Waals surface area contributed by atoms with Crippen LogP contribution in [0.3, 0.4) is 0 Å². The van der Waals surface area contributed by atoms with E-state index in [1.807, 2.05) is 18.7 Å². The predicted octanol–water partition coefficient (Wildman–Crippen LogP) is 0.576. The van der Waals surface area contributed by atoms with Gasteiger partial charge in [-0.1, -0.05) is 25.4 Å². The lowest BCUT2D eigenvalue weighted by molar-refractivity contribution is 0.349. The SMILES string of the molecule is CCN(CC)CC(Cl)=S(=O)=O. The molecule has 0 fully saturated rings. The van der Waals surface area contributed by atoms with Crippen molar-refractivity contribution in [3.63, 3.8) is 0 Å². The summed E-state index contributed by atoms with van der Waals surface area (Å²) in [6.45, 7) is 5.86. The zero-order valence-corrected chi connectivity index (χ0v) is 8.24. The van der Waals surface area contributed by atoms with E-state index < -0.39 is 10.3 Å². The predicted molar refractivity (Wildman–Crippen MR) is 47.6 cm³/mol. The van der Waals surface area contributed by atoms with Gasteiger partial charge in [0.2, 0.25) is 10.3 Å². The minimum absolute atomic E-state index is 0.0197. The first kappa shape index (κ1) is 10.9. The molecule has 0 bridgehead atoms. The van der Waals surface area contributed by atoms with E-state index in [1.165, 1.54) is 0 Å². The van der Waals surface area contributed by atoms with E-state index in [1.54, 1.807) is 0 Å². The zero-order chi connectivity index (χ0) is 8.85. The van der Waals surface area contributed by atoms with Gasteiger partial charge in [0.25, 0.3) is 0 Å². The van der Waals surface area contributed by atoms with Gasteiger partial charge < -0.3 is 0 Å². The van der Waals surface area contributed by atoms with E-state index >= 15 is 0 Å². The first-order valence-corrected chi connectivity index (χ1v) is 4.90. The monoisotopic (exact) mass is 197 g/mol. The maximum absolute atomic E-state index is 10.3. The lowest BCUT2D eigenvalue weighted by atomic mass is 10.5. The Hall–Kier alpha value is -0.0600. The van der Waals surface area contributed by atoms with E-state index in [0.717, 1.165) is 13.1 Å². The minimum Gasteiger partial charge on any atom is -0.298 e. The first-order chi connectivity index (χ1) is 5.11. The molecule has 0 atom stereocenters. The number of nitrogens with zero attached hydrogens (tertiary/aromatic N) is 1. The molecule has 0 unspecified atom stereocenters. The van der Waals surface area contributed by atoms with Crippen molar-refractivity contribution < 1.29 is 8.42 Å². The Morgan fingerprint density at radius 3 is 2.09 bits per heavy atom. The molecular weight excluding hydrogens is 186 g/mol. The van der Waals surface area contributed by atoms with Gasteiger partial charge in [0.15, 0.2) is 4.32 Å². The van der Waals surface area contributed by atoms with Crippen molar-refractivity contribution in [3.05, 3.63) is 0 Å². The van der Waals surface area contributed by atoms with Crippen LogP contribution in [0.2, 0.25) is 0 Å². The zero-order valence-electron chi connectivity index (χ0n) is 6.67. The van der Waals surface area contributed by atoms with Gasteiger partial charge in [-0.15, -0.1) is 0 Å². The van der Waals surface area contributed by atoms with Gasteiger partial charge in [0.05, 0.1) is 0 Å². The van der Waals surface area contributed by atoms with Crippen LogP contribution in [0, 0.1) is 0 Å². The van der Waals surface area contributed by atoms with E-state index in [2.05, 4.69) is 0 Å². The average molecular weight is 198 g/mol. The van der Waals surface area contributed by atoms with Crippen LogP contribution in [-0.4, -0.2) is 37.3 Å². The molecule has 0 saturated carbocycles. The van der Waals surface area contributed by atoms with Crippen LogP contribution in [0.25, 0.3) is 0 Å². The summed E-state index contributed by atoms with van der Waals surface area (Å²) in [5, 5.41) is 0. The molecule has 0 aromatic heterocycles. The molecule has 0 amide bonds. The Bertz CT molecular complexity index is 223. The molecule has 0 aliphatic carbocycles. The van der Waals surface area contributed by atoms with Gasteiger partial charge in [0, 0.05) is 6.54 Å². The van der Waals surface area contributed by atoms with Crippen LogP contribution in [0.5, 0.6) is 0 Å². The van der Waals surface area contributed by atoms with Crippen molar-refractivity contribution >= 4 is 26.2 Å². The highest BCUT2D eigenvalue weighted by atomic mass is 35.5. The maximum Gasteiger partial charge on any atom is 0.230 e. The van der Waals surface area contributed by atoms with Crippen LogP contribution in [0.4, 0.5) is 0 Å². The summed E-state index contributed by atoms with van der Waals surface area (Å²) in [4.78, 5) is 1.93. The highest BCUT2D eigenvalue weighted by Crippen LogP contribution is 1.90. The third kappa shape index (κ3) is 4.40. The highest BCUT2D eigenvalue weighted by molar-refractivity contribution is 7.76. The van der Waals surface area contributed by atoms with Crippen LogP contribution in [0.1, 0.15) is 13.8 Å². The smallest absolute Gasteiger partial charge is 0.230 e. The molecule has 0 aromatic rings. The van der Waals surface area contributed by atoms with E-state index in [4.69, 9.17) is 11.6 Å². The van der Waals surface area contributed by atoms with Crippen LogP contribution >= 0.6 is 11.6 Å². The highest BCUT2D eigenvalue weighted by Gasteiger charge is 2.02. The fourth-order valence-corrected chi connectivity index (χ4v) is 1.13.